The summed E-state index contributed by atoms with van der Waals surface area (Å²) in [6, 6.07) is 4.18. The van der Waals surface area contributed by atoms with E-state index < -0.39 is 23.7 Å². The second-order valence-corrected chi connectivity index (χ2v) is 8.24. The van der Waals surface area contributed by atoms with Gasteiger partial charge in [0.1, 0.15) is 23.0 Å². The SMILES string of the molecule is CC[C@H](NC(=O)OC(C)(C)C)C(=O)Oc1ccc2c3c(c(=O)oc2c1)CCCC3. The van der Waals surface area contributed by atoms with Crippen molar-refractivity contribution in [2.24, 2.45) is 0 Å². The number of rotatable bonds is 4. The minimum Gasteiger partial charge on any atom is -0.444 e. The highest BCUT2D eigenvalue weighted by atomic mass is 16.6. The Morgan fingerprint density at radius 2 is 1.86 bits per heavy atom. The Morgan fingerprint density at radius 1 is 1.17 bits per heavy atom. The van der Waals surface area contributed by atoms with Crippen LogP contribution >= 0.6 is 0 Å². The summed E-state index contributed by atoms with van der Waals surface area (Å²) in [5.74, 6) is -0.358. The fraction of sp³-hybridized carbons (Fsp3) is 0.500. The lowest BCUT2D eigenvalue weighted by molar-refractivity contribution is -0.136. The Kier molecular flexibility index (Phi) is 5.96. The number of carbonyl (C=O) groups excluding carboxylic acids is 2. The van der Waals surface area contributed by atoms with Gasteiger partial charge in [-0.2, -0.15) is 0 Å². The van der Waals surface area contributed by atoms with Crippen LogP contribution in [0.25, 0.3) is 11.0 Å². The maximum Gasteiger partial charge on any atom is 0.408 e. The van der Waals surface area contributed by atoms with Crippen LogP contribution in [0.5, 0.6) is 5.75 Å². The number of amides is 1. The molecule has 1 aromatic carbocycles. The Balaban J connectivity index is 1.77. The molecule has 1 aromatic heterocycles. The summed E-state index contributed by atoms with van der Waals surface area (Å²) in [4.78, 5) is 36.7. The molecule has 1 heterocycles. The van der Waals surface area contributed by atoms with Gasteiger partial charge in [-0.25, -0.2) is 14.4 Å². The zero-order valence-corrected chi connectivity index (χ0v) is 17.3. The maximum atomic E-state index is 12.5. The quantitative estimate of drug-likeness (QED) is 0.475. The third-order valence-electron chi connectivity index (χ3n) is 4.80. The maximum absolute atomic E-state index is 12.5. The molecule has 0 bridgehead atoms. The summed E-state index contributed by atoms with van der Waals surface area (Å²) >= 11 is 0. The number of esters is 1. The van der Waals surface area contributed by atoms with E-state index in [0.717, 1.165) is 42.2 Å². The van der Waals surface area contributed by atoms with E-state index in [2.05, 4.69) is 5.32 Å². The minimum absolute atomic E-state index is 0.255. The molecule has 2 aromatic rings. The molecule has 0 spiro atoms. The fourth-order valence-electron chi connectivity index (χ4n) is 3.45. The van der Waals surface area contributed by atoms with Gasteiger partial charge in [-0.15, -0.1) is 0 Å². The van der Waals surface area contributed by atoms with Gasteiger partial charge in [0.25, 0.3) is 0 Å². The first-order chi connectivity index (χ1) is 13.7. The van der Waals surface area contributed by atoms with Crippen molar-refractivity contribution in [3.05, 3.63) is 39.7 Å². The van der Waals surface area contributed by atoms with Gasteiger partial charge in [0.2, 0.25) is 0 Å². The van der Waals surface area contributed by atoms with Gasteiger partial charge in [0, 0.05) is 17.0 Å². The van der Waals surface area contributed by atoms with Crippen LogP contribution in [-0.2, 0) is 22.4 Å². The first-order valence-corrected chi connectivity index (χ1v) is 9.97. The van der Waals surface area contributed by atoms with E-state index in [1.54, 1.807) is 39.8 Å². The number of fused-ring (bicyclic) bond motifs is 3. The van der Waals surface area contributed by atoms with Crippen LogP contribution in [0.4, 0.5) is 4.79 Å². The molecule has 1 amide bonds. The van der Waals surface area contributed by atoms with Gasteiger partial charge < -0.3 is 19.2 Å². The summed E-state index contributed by atoms with van der Waals surface area (Å²) in [7, 11) is 0. The lowest BCUT2D eigenvalue weighted by Gasteiger charge is -2.22. The van der Waals surface area contributed by atoms with E-state index in [1.807, 2.05) is 6.07 Å². The number of aryl methyl sites for hydroxylation is 1. The third kappa shape index (κ3) is 4.96. The topological polar surface area (TPSA) is 94.8 Å². The Hall–Kier alpha value is -2.83. The van der Waals surface area contributed by atoms with E-state index in [9.17, 15) is 14.4 Å². The largest absolute Gasteiger partial charge is 0.444 e. The van der Waals surface area contributed by atoms with Crippen molar-refractivity contribution >= 4 is 23.0 Å². The fourth-order valence-corrected chi connectivity index (χ4v) is 3.45. The van der Waals surface area contributed by atoms with E-state index in [0.29, 0.717) is 12.0 Å². The van der Waals surface area contributed by atoms with Crippen LogP contribution in [0.1, 0.15) is 58.1 Å². The number of nitrogens with one attached hydrogen (secondary N) is 1. The summed E-state index contributed by atoms with van der Waals surface area (Å²) in [5, 5.41) is 3.39. The van der Waals surface area contributed by atoms with Gasteiger partial charge in [0.15, 0.2) is 0 Å². The first-order valence-electron chi connectivity index (χ1n) is 9.97. The zero-order valence-electron chi connectivity index (χ0n) is 17.3. The molecule has 0 aliphatic heterocycles. The number of ether oxygens (including phenoxy) is 2. The highest BCUT2D eigenvalue weighted by Gasteiger charge is 2.25. The molecule has 3 rings (SSSR count). The molecule has 29 heavy (non-hydrogen) atoms. The van der Waals surface area contributed by atoms with E-state index in [4.69, 9.17) is 13.9 Å². The Bertz CT molecular complexity index is 985. The van der Waals surface area contributed by atoms with E-state index in [-0.39, 0.29) is 11.4 Å². The molecule has 0 radical (unpaired) electrons. The van der Waals surface area contributed by atoms with Crippen molar-refractivity contribution in [2.75, 3.05) is 0 Å². The normalized spacial score (nSPS) is 14.8. The highest BCUT2D eigenvalue weighted by Crippen LogP contribution is 2.29. The van der Waals surface area contributed by atoms with Gasteiger partial charge in [-0.1, -0.05) is 6.92 Å². The molecule has 156 valence electrons. The van der Waals surface area contributed by atoms with Crippen molar-refractivity contribution in [1.82, 2.24) is 5.32 Å². The average Bonchev–Trinajstić information content (AvgIpc) is 2.64. The van der Waals surface area contributed by atoms with Crippen LogP contribution in [0.15, 0.2) is 27.4 Å². The molecule has 0 fully saturated rings. The van der Waals surface area contributed by atoms with Crippen molar-refractivity contribution < 1.29 is 23.5 Å². The molecule has 1 aliphatic rings. The number of hydrogen-bond acceptors (Lipinski definition) is 6. The summed E-state index contributed by atoms with van der Waals surface area (Å²) in [6.07, 6.45) is 3.26. The van der Waals surface area contributed by atoms with Gasteiger partial charge in [0.05, 0.1) is 0 Å². The second kappa shape index (κ2) is 8.27. The van der Waals surface area contributed by atoms with Crippen molar-refractivity contribution in [1.29, 1.82) is 0 Å². The van der Waals surface area contributed by atoms with Crippen LogP contribution in [-0.4, -0.2) is 23.7 Å². The van der Waals surface area contributed by atoms with Gasteiger partial charge in [-0.05, 0) is 70.6 Å². The number of hydrogen-bond donors (Lipinski definition) is 1. The number of carbonyl (C=O) groups is 2. The highest BCUT2D eigenvalue weighted by molar-refractivity contribution is 5.86. The van der Waals surface area contributed by atoms with E-state index >= 15 is 0 Å². The van der Waals surface area contributed by atoms with Crippen LogP contribution in [0.3, 0.4) is 0 Å². The first kappa shape index (κ1) is 20.9. The molecular formula is C22H27NO6. The van der Waals surface area contributed by atoms with Crippen molar-refractivity contribution in [3.8, 4) is 5.75 Å². The summed E-state index contributed by atoms with van der Waals surface area (Å²) < 4.78 is 16.1. The van der Waals surface area contributed by atoms with E-state index in [1.165, 1.54) is 0 Å². The standard InChI is InChI=1S/C22H27NO6/c1-5-17(23-21(26)29-22(2,3)4)20(25)27-13-10-11-15-14-8-6-7-9-16(14)19(24)28-18(15)12-13/h10-12,17H,5-9H2,1-4H3,(H,23,26)/t17-/m0/s1. The third-order valence-corrected chi connectivity index (χ3v) is 4.80. The number of alkyl carbamates (subject to hydrolysis) is 1. The second-order valence-electron chi connectivity index (χ2n) is 8.24. The Morgan fingerprint density at radius 3 is 2.52 bits per heavy atom. The molecule has 1 N–H and O–H groups in total. The average molecular weight is 401 g/mol. The molecule has 7 heteroatoms. The predicted octanol–water partition coefficient (Wildman–Crippen LogP) is 3.88. The van der Waals surface area contributed by atoms with Crippen LogP contribution in [0.2, 0.25) is 0 Å². The lowest BCUT2D eigenvalue weighted by Crippen LogP contribution is -2.44. The molecule has 0 saturated carbocycles. The molecule has 1 aliphatic carbocycles. The lowest BCUT2D eigenvalue weighted by atomic mass is 9.91. The molecule has 0 unspecified atom stereocenters. The molecule has 1 atom stereocenters. The Labute approximate surface area is 169 Å². The van der Waals surface area contributed by atoms with Crippen LogP contribution < -0.4 is 15.7 Å². The molecule has 0 saturated heterocycles. The summed E-state index contributed by atoms with van der Waals surface area (Å²) in [6.45, 7) is 6.99. The zero-order chi connectivity index (χ0) is 21.2. The smallest absolute Gasteiger partial charge is 0.408 e. The minimum atomic E-state index is -0.851. The number of benzene rings is 1. The summed E-state index contributed by atoms with van der Waals surface area (Å²) in [5.41, 5.74) is 1.18. The van der Waals surface area contributed by atoms with Gasteiger partial charge >= 0.3 is 17.7 Å². The van der Waals surface area contributed by atoms with Crippen molar-refractivity contribution in [3.63, 3.8) is 0 Å². The predicted molar refractivity (Wildman–Crippen MR) is 108 cm³/mol. The van der Waals surface area contributed by atoms with Crippen LogP contribution in [0, 0.1) is 0 Å². The van der Waals surface area contributed by atoms with Gasteiger partial charge in [-0.3, -0.25) is 0 Å². The van der Waals surface area contributed by atoms with Crippen molar-refractivity contribution in [2.45, 2.75) is 71.4 Å². The molecular weight excluding hydrogens is 374 g/mol. The monoisotopic (exact) mass is 401 g/mol. The molecule has 7 nitrogen and oxygen atoms in total.